The number of ether oxygens (including phenoxy) is 1. The fraction of sp³-hybridized carbons (Fsp3) is 0.583. The normalized spacial score (nSPS) is 10.8. The minimum Gasteiger partial charge on any atom is -0.383 e. The first-order chi connectivity index (χ1) is 7.61. The summed E-state index contributed by atoms with van der Waals surface area (Å²) in [4.78, 5) is 12.2. The van der Waals surface area contributed by atoms with Crippen molar-refractivity contribution in [1.29, 1.82) is 0 Å². The Hall–Kier alpha value is -1.13. The third-order valence-corrected chi connectivity index (χ3v) is 2.70. The van der Waals surface area contributed by atoms with Gasteiger partial charge < -0.3 is 14.6 Å². The summed E-state index contributed by atoms with van der Waals surface area (Å²) in [6, 6.07) is 2.05. The first-order valence-corrected chi connectivity index (χ1v) is 5.45. The SMILES string of the molecule is CNCc1c(C)cc(C)n(CCOC)c1=O. The molecule has 0 spiro atoms. The van der Waals surface area contributed by atoms with Crippen LogP contribution in [0.5, 0.6) is 0 Å². The fourth-order valence-electron chi connectivity index (χ4n) is 1.82. The minimum absolute atomic E-state index is 0.0869. The summed E-state index contributed by atoms with van der Waals surface area (Å²) in [6.07, 6.45) is 0. The van der Waals surface area contributed by atoms with Crippen LogP contribution in [0, 0.1) is 13.8 Å². The zero-order valence-corrected chi connectivity index (χ0v) is 10.5. The largest absolute Gasteiger partial charge is 0.383 e. The summed E-state index contributed by atoms with van der Waals surface area (Å²) < 4.78 is 6.78. The Bertz CT molecular complexity index is 410. The highest BCUT2D eigenvalue weighted by atomic mass is 16.5. The molecule has 0 aliphatic carbocycles. The molecular formula is C12H20N2O2. The van der Waals surface area contributed by atoms with Gasteiger partial charge in [-0.15, -0.1) is 0 Å². The number of rotatable bonds is 5. The number of hydrogen-bond donors (Lipinski definition) is 1. The van der Waals surface area contributed by atoms with Gasteiger partial charge in [-0.05, 0) is 32.5 Å². The van der Waals surface area contributed by atoms with Crippen LogP contribution in [0.1, 0.15) is 16.8 Å². The van der Waals surface area contributed by atoms with Gasteiger partial charge in [0.1, 0.15) is 0 Å². The molecule has 4 heteroatoms. The summed E-state index contributed by atoms with van der Waals surface area (Å²) in [5, 5.41) is 3.02. The lowest BCUT2D eigenvalue weighted by Gasteiger charge is -2.13. The zero-order valence-electron chi connectivity index (χ0n) is 10.5. The van der Waals surface area contributed by atoms with Crippen molar-refractivity contribution in [2.24, 2.45) is 0 Å². The molecule has 1 N–H and O–H groups in total. The Morgan fingerprint density at radius 3 is 2.69 bits per heavy atom. The molecule has 1 heterocycles. The first kappa shape index (κ1) is 12.9. The van der Waals surface area contributed by atoms with Gasteiger partial charge in [-0.25, -0.2) is 0 Å². The van der Waals surface area contributed by atoms with Gasteiger partial charge in [0.05, 0.1) is 6.61 Å². The van der Waals surface area contributed by atoms with Crippen LogP contribution in [0.15, 0.2) is 10.9 Å². The molecule has 1 aromatic rings. The molecule has 90 valence electrons. The van der Waals surface area contributed by atoms with Gasteiger partial charge in [-0.1, -0.05) is 0 Å². The lowest BCUT2D eigenvalue weighted by atomic mass is 10.1. The number of methoxy groups -OCH3 is 1. The van der Waals surface area contributed by atoms with Crippen molar-refractivity contribution >= 4 is 0 Å². The first-order valence-electron chi connectivity index (χ1n) is 5.45. The minimum atomic E-state index is 0.0869. The molecule has 0 aliphatic heterocycles. The lowest BCUT2D eigenvalue weighted by molar-refractivity contribution is 0.185. The molecule has 0 bridgehead atoms. The predicted molar refractivity (Wildman–Crippen MR) is 64.8 cm³/mol. The molecule has 0 amide bonds. The Labute approximate surface area is 96.2 Å². The number of nitrogens with zero attached hydrogens (tertiary/aromatic N) is 1. The van der Waals surface area contributed by atoms with Crippen molar-refractivity contribution in [3.05, 3.63) is 33.2 Å². The topological polar surface area (TPSA) is 43.3 Å². The van der Waals surface area contributed by atoms with Crippen LogP contribution >= 0.6 is 0 Å². The van der Waals surface area contributed by atoms with Crippen LogP contribution in [0.2, 0.25) is 0 Å². The average Bonchev–Trinajstić information content (AvgIpc) is 2.24. The molecule has 0 atom stereocenters. The second-order valence-electron chi connectivity index (χ2n) is 3.93. The molecule has 16 heavy (non-hydrogen) atoms. The summed E-state index contributed by atoms with van der Waals surface area (Å²) in [6.45, 7) is 5.70. The lowest BCUT2D eigenvalue weighted by Crippen LogP contribution is -2.30. The van der Waals surface area contributed by atoms with Crippen LogP contribution in [-0.2, 0) is 17.8 Å². The second-order valence-corrected chi connectivity index (χ2v) is 3.93. The maximum Gasteiger partial charge on any atom is 0.255 e. The third kappa shape index (κ3) is 2.71. The van der Waals surface area contributed by atoms with E-state index >= 15 is 0 Å². The fourth-order valence-corrected chi connectivity index (χ4v) is 1.82. The maximum absolute atomic E-state index is 12.2. The summed E-state index contributed by atoms with van der Waals surface area (Å²) in [5.74, 6) is 0. The monoisotopic (exact) mass is 224 g/mol. The maximum atomic E-state index is 12.2. The summed E-state index contributed by atoms with van der Waals surface area (Å²) in [7, 11) is 3.49. The molecule has 0 radical (unpaired) electrons. The molecule has 0 unspecified atom stereocenters. The van der Waals surface area contributed by atoms with Crippen molar-refractivity contribution in [2.45, 2.75) is 26.9 Å². The van der Waals surface area contributed by atoms with E-state index in [4.69, 9.17) is 4.74 Å². The second kappa shape index (κ2) is 5.82. The number of hydrogen-bond acceptors (Lipinski definition) is 3. The van der Waals surface area contributed by atoms with Crippen molar-refractivity contribution in [1.82, 2.24) is 9.88 Å². The van der Waals surface area contributed by atoms with Crippen molar-refractivity contribution in [3.8, 4) is 0 Å². The number of aromatic nitrogens is 1. The molecule has 0 aromatic carbocycles. The molecule has 0 aliphatic rings. The van der Waals surface area contributed by atoms with E-state index in [1.807, 2.05) is 27.0 Å². The van der Waals surface area contributed by atoms with E-state index in [1.165, 1.54) is 0 Å². The molecular weight excluding hydrogens is 204 g/mol. The molecule has 1 aromatic heterocycles. The highest BCUT2D eigenvalue weighted by Crippen LogP contribution is 2.06. The van der Waals surface area contributed by atoms with Gasteiger partial charge in [0.25, 0.3) is 5.56 Å². The van der Waals surface area contributed by atoms with Gasteiger partial charge in [-0.3, -0.25) is 4.79 Å². The third-order valence-electron chi connectivity index (χ3n) is 2.70. The standard InChI is InChI=1S/C12H20N2O2/c1-9-7-10(2)14(5-6-16-4)12(15)11(9)8-13-3/h7,13H,5-6,8H2,1-4H3. The van der Waals surface area contributed by atoms with E-state index in [-0.39, 0.29) is 5.56 Å². The number of nitrogens with one attached hydrogen (secondary N) is 1. The van der Waals surface area contributed by atoms with Gasteiger partial charge in [0, 0.05) is 31.5 Å². The summed E-state index contributed by atoms with van der Waals surface area (Å²) >= 11 is 0. The van der Waals surface area contributed by atoms with Gasteiger partial charge in [0.2, 0.25) is 0 Å². The van der Waals surface area contributed by atoms with E-state index in [9.17, 15) is 4.79 Å². The van der Waals surface area contributed by atoms with E-state index < -0.39 is 0 Å². The predicted octanol–water partition coefficient (Wildman–Crippen LogP) is 0.831. The van der Waals surface area contributed by atoms with Gasteiger partial charge in [0.15, 0.2) is 0 Å². The average molecular weight is 224 g/mol. The van der Waals surface area contributed by atoms with Crippen molar-refractivity contribution < 1.29 is 4.74 Å². The van der Waals surface area contributed by atoms with Gasteiger partial charge in [-0.2, -0.15) is 0 Å². The summed E-state index contributed by atoms with van der Waals surface area (Å²) in [5.41, 5.74) is 2.96. The quantitative estimate of drug-likeness (QED) is 0.805. The molecule has 4 nitrogen and oxygen atoms in total. The smallest absolute Gasteiger partial charge is 0.255 e. The van der Waals surface area contributed by atoms with Gasteiger partial charge >= 0.3 is 0 Å². The Balaban J connectivity index is 3.17. The Kier molecular flexibility index (Phi) is 4.71. The Morgan fingerprint density at radius 1 is 1.44 bits per heavy atom. The molecule has 1 rings (SSSR count). The van der Waals surface area contributed by atoms with Crippen LogP contribution in [-0.4, -0.2) is 25.3 Å². The van der Waals surface area contributed by atoms with E-state index in [0.717, 1.165) is 16.8 Å². The molecule has 0 saturated heterocycles. The zero-order chi connectivity index (χ0) is 12.1. The molecule has 0 fully saturated rings. The van der Waals surface area contributed by atoms with Crippen LogP contribution in [0.3, 0.4) is 0 Å². The van der Waals surface area contributed by atoms with Crippen molar-refractivity contribution in [3.63, 3.8) is 0 Å². The van der Waals surface area contributed by atoms with Crippen LogP contribution < -0.4 is 10.9 Å². The van der Waals surface area contributed by atoms with E-state index in [2.05, 4.69) is 5.32 Å². The van der Waals surface area contributed by atoms with Crippen LogP contribution in [0.4, 0.5) is 0 Å². The number of aryl methyl sites for hydroxylation is 2. The highest BCUT2D eigenvalue weighted by molar-refractivity contribution is 5.26. The Morgan fingerprint density at radius 2 is 2.12 bits per heavy atom. The molecule has 0 saturated carbocycles. The van der Waals surface area contributed by atoms with Crippen LogP contribution in [0.25, 0.3) is 0 Å². The number of pyridine rings is 1. The van der Waals surface area contributed by atoms with E-state index in [0.29, 0.717) is 19.7 Å². The van der Waals surface area contributed by atoms with Crippen molar-refractivity contribution in [2.75, 3.05) is 20.8 Å². The highest BCUT2D eigenvalue weighted by Gasteiger charge is 2.09. The van der Waals surface area contributed by atoms with E-state index in [1.54, 1.807) is 11.7 Å².